The maximum absolute atomic E-state index is 13.4. The van der Waals surface area contributed by atoms with Crippen molar-refractivity contribution in [3.8, 4) is 0 Å². The van der Waals surface area contributed by atoms with Crippen molar-refractivity contribution in [2.75, 3.05) is 6.54 Å². The third kappa shape index (κ3) is 4.34. The van der Waals surface area contributed by atoms with Crippen molar-refractivity contribution in [1.29, 1.82) is 0 Å². The molecule has 19 heavy (non-hydrogen) atoms. The van der Waals surface area contributed by atoms with E-state index in [0.29, 0.717) is 6.07 Å². The zero-order valence-electron chi connectivity index (χ0n) is 9.76. The number of nitrogens with one attached hydrogen (secondary N) is 1. The van der Waals surface area contributed by atoms with Gasteiger partial charge in [-0.25, -0.2) is 4.39 Å². The van der Waals surface area contributed by atoms with E-state index < -0.39 is 28.3 Å². The molecule has 0 fully saturated rings. The Balaban J connectivity index is 2.62. The van der Waals surface area contributed by atoms with Gasteiger partial charge in [0, 0.05) is 19.0 Å². The Labute approximate surface area is 107 Å². The lowest BCUT2D eigenvalue weighted by atomic mass is 10.1. The lowest BCUT2D eigenvalue weighted by Gasteiger charge is -2.05. The zero-order chi connectivity index (χ0) is 14.4. The van der Waals surface area contributed by atoms with Crippen LogP contribution in [0.1, 0.15) is 23.2 Å². The first-order chi connectivity index (χ1) is 8.91. The quantitative estimate of drug-likeness (QED) is 0.460. The minimum atomic E-state index is -0.995. The van der Waals surface area contributed by atoms with Gasteiger partial charge in [0.25, 0.3) is 11.6 Å². The van der Waals surface area contributed by atoms with Crippen LogP contribution in [0, 0.1) is 15.9 Å². The number of hydrogen-bond acceptors (Lipinski definition) is 4. The summed E-state index contributed by atoms with van der Waals surface area (Å²) in [5.41, 5.74) is -0.763. The normalized spacial score (nSPS) is 9.95. The van der Waals surface area contributed by atoms with Crippen molar-refractivity contribution >= 4 is 17.6 Å². The summed E-state index contributed by atoms with van der Waals surface area (Å²) in [6, 6.07) is 2.70. The van der Waals surface area contributed by atoms with Crippen LogP contribution in [-0.4, -0.2) is 28.5 Å². The van der Waals surface area contributed by atoms with Gasteiger partial charge in [0.1, 0.15) is 5.82 Å². The highest BCUT2D eigenvalue weighted by Crippen LogP contribution is 2.16. The van der Waals surface area contributed by atoms with E-state index >= 15 is 0 Å². The summed E-state index contributed by atoms with van der Waals surface area (Å²) >= 11 is 0. The summed E-state index contributed by atoms with van der Waals surface area (Å²) in [7, 11) is 0. The number of carbonyl (C=O) groups is 2. The van der Waals surface area contributed by atoms with Crippen LogP contribution >= 0.6 is 0 Å². The van der Waals surface area contributed by atoms with Gasteiger partial charge in [-0.05, 0) is 12.5 Å². The van der Waals surface area contributed by atoms with Gasteiger partial charge in [-0.3, -0.25) is 19.7 Å². The topological polar surface area (TPSA) is 110 Å². The largest absolute Gasteiger partial charge is 0.481 e. The summed E-state index contributed by atoms with van der Waals surface area (Å²) in [5.74, 6) is -2.72. The van der Waals surface area contributed by atoms with E-state index in [-0.39, 0.29) is 24.9 Å². The minimum absolute atomic E-state index is 0.0849. The Bertz CT molecular complexity index is 518. The molecular formula is C11H11FN2O5. The second kappa shape index (κ2) is 6.43. The third-order valence-electron chi connectivity index (χ3n) is 2.26. The fourth-order valence-electron chi connectivity index (χ4n) is 1.34. The number of nitro groups is 1. The van der Waals surface area contributed by atoms with Gasteiger partial charge in [-0.1, -0.05) is 0 Å². The van der Waals surface area contributed by atoms with Crippen molar-refractivity contribution in [2.24, 2.45) is 0 Å². The molecule has 7 nitrogen and oxygen atoms in total. The van der Waals surface area contributed by atoms with Crippen molar-refractivity contribution in [2.45, 2.75) is 12.8 Å². The molecule has 0 aliphatic rings. The van der Waals surface area contributed by atoms with Crippen LogP contribution in [0.3, 0.4) is 0 Å². The molecule has 1 amide bonds. The molecule has 0 bridgehead atoms. The Morgan fingerprint density at radius 1 is 1.42 bits per heavy atom. The van der Waals surface area contributed by atoms with Crippen molar-refractivity contribution in [1.82, 2.24) is 5.32 Å². The lowest BCUT2D eigenvalue weighted by Crippen LogP contribution is -2.25. The van der Waals surface area contributed by atoms with Crippen LogP contribution in [0.4, 0.5) is 10.1 Å². The molecule has 0 saturated carbocycles. The number of benzene rings is 1. The average Bonchev–Trinajstić information content (AvgIpc) is 2.33. The lowest BCUT2D eigenvalue weighted by molar-refractivity contribution is -0.385. The summed E-state index contributed by atoms with van der Waals surface area (Å²) in [4.78, 5) is 31.4. The molecule has 0 saturated heterocycles. The molecule has 0 aliphatic heterocycles. The zero-order valence-corrected chi connectivity index (χ0v) is 9.76. The number of nitrogens with zero attached hydrogens (tertiary/aromatic N) is 1. The first kappa shape index (κ1) is 14.6. The summed E-state index contributed by atoms with van der Waals surface area (Å²) in [6.45, 7) is 0.0849. The molecule has 0 unspecified atom stereocenters. The Morgan fingerprint density at radius 3 is 2.63 bits per heavy atom. The molecule has 0 heterocycles. The number of aliphatic carboxylic acids is 1. The van der Waals surface area contributed by atoms with Crippen LogP contribution < -0.4 is 5.32 Å². The summed E-state index contributed by atoms with van der Waals surface area (Å²) < 4.78 is 13.4. The first-order valence-corrected chi connectivity index (χ1v) is 5.35. The highest BCUT2D eigenvalue weighted by atomic mass is 19.1. The van der Waals surface area contributed by atoms with E-state index in [2.05, 4.69) is 5.32 Å². The number of non-ortho nitro benzene ring substituents is 1. The van der Waals surface area contributed by atoms with Gasteiger partial charge >= 0.3 is 5.97 Å². The predicted molar refractivity (Wildman–Crippen MR) is 62.3 cm³/mol. The predicted octanol–water partition coefficient (Wildman–Crippen LogP) is 1.33. The number of rotatable bonds is 6. The molecule has 0 radical (unpaired) electrons. The van der Waals surface area contributed by atoms with Crippen LogP contribution in [0.15, 0.2) is 18.2 Å². The molecule has 0 spiro atoms. The summed E-state index contributed by atoms with van der Waals surface area (Å²) in [6.07, 6.45) is 0.110. The van der Waals surface area contributed by atoms with Gasteiger partial charge in [0.2, 0.25) is 0 Å². The first-order valence-electron chi connectivity index (χ1n) is 5.35. The second-order valence-electron chi connectivity index (χ2n) is 3.67. The van der Waals surface area contributed by atoms with Crippen LogP contribution in [0.25, 0.3) is 0 Å². The second-order valence-corrected chi connectivity index (χ2v) is 3.67. The van der Waals surface area contributed by atoms with Crippen LogP contribution in [0.2, 0.25) is 0 Å². The third-order valence-corrected chi connectivity index (χ3v) is 2.26. The molecule has 102 valence electrons. The number of halogens is 1. The molecule has 0 aliphatic carbocycles. The van der Waals surface area contributed by atoms with Crippen molar-refractivity contribution in [3.05, 3.63) is 39.7 Å². The van der Waals surface area contributed by atoms with Gasteiger partial charge < -0.3 is 10.4 Å². The molecule has 1 aromatic carbocycles. The molecule has 0 aromatic heterocycles. The smallest absolute Gasteiger partial charge is 0.303 e. The maximum atomic E-state index is 13.4. The van der Waals surface area contributed by atoms with Crippen LogP contribution in [-0.2, 0) is 4.79 Å². The maximum Gasteiger partial charge on any atom is 0.303 e. The minimum Gasteiger partial charge on any atom is -0.481 e. The number of carboxylic acid groups (broad SMARTS) is 1. The molecule has 1 aromatic rings. The number of carbonyl (C=O) groups excluding carboxylic acids is 1. The van der Waals surface area contributed by atoms with Gasteiger partial charge in [0.05, 0.1) is 16.6 Å². The summed E-state index contributed by atoms with van der Waals surface area (Å²) in [5, 5.41) is 21.1. The highest BCUT2D eigenvalue weighted by Gasteiger charge is 2.15. The van der Waals surface area contributed by atoms with Crippen molar-refractivity contribution < 1.29 is 24.0 Å². The van der Waals surface area contributed by atoms with E-state index in [1.165, 1.54) is 0 Å². The van der Waals surface area contributed by atoms with E-state index in [0.717, 1.165) is 12.1 Å². The van der Waals surface area contributed by atoms with Gasteiger partial charge in [0.15, 0.2) is 0 Å². The number of hydrogen-bond donors (Lipinski definition) is 2. The Hall–Kier alpha value is -2.51. The number of nitro benzene ring substituents is 1. The van der Waals surface area contributed by atoms with E-state index in [4.69, 9.17) is 5.11 Å². The molecule has 0 atom stereocenters. The van der Waals surface area contributed by atoms with E-state index in [1.807, 2.05) is 0 Å². The standard InChI is InChI=1S/C11H11FN2O5/c12-9-6-7(14(18)19)3-4-8(9)11(17)13-5-1-2-10(15)16/h3-4,6H,1-2,5H2,(H,13,17)(H,15,16). The number of carboxylic acids is 1. The Kier molecular flexibility index (Phi) is 4.92. The molecule has 2 N–H and O–H groups in total. The fraction of sp³-hybridized carbons (Fsp3) is 0.273. The monoisotopic (exact) mass is 270 g/mol. The SMILES string of the molecule is O=C(O)CCCNC(=O)c1ccc([N+](=O)[O-])cc1F. The average molecular weight is 270 g/mol. The molecule has 1 rings (SSSR count). The number of amides is 1. The van der Waals surface area contributed by atoms with E-state index in [1.54, 1.807) is 0 Å². The van der Waals surface area contributed by atoms with E-state index in [9.17, 15) is 24.1 Å². The Morgan fingerprint density at radius 2 is 2.11 bits per heavy atom. The highest BCUT2D eigenvalue weighted by molar-refractivity contribution is 5.94. The fourth-order valence-corrected chi connectivity index (χ4v) is 1.34. The van der Waals surface area contributed by atoms with Crippen LogP contribution in [0.5, 0.6) is 0 Å². The molecular weight excluding hydrogens is 259 g/mol. The van der Waals surface area contributed by atoms with Crippen molar-refractivity contribution in [3.63, 3.8) is 0 Å². The van der Waals surface area contributed by atoms with Gasteiger partial charge in [-0.15, -0.1) is 0 Å². The molecule has 8 heteroatoms. The van der Waals surface area contributed by atoms with Gasteiger partial charge in [-0.2, -0.15) is 0 Å².